The van der Waals surface area contributed by atoms with Crippen molar-refractivity contribution in [1.82, 2.24) is 15.5 Å². The summed E-state index contributed by atoms with van der Waals surface area (Å²) in [6, 6.07) is 11.6. The highest BCUT2D eigenvalue weighted by Crippen LogP contribution is 2.22. The summed E-state index contributed by atoms with van der Waals surface area (Å²) in [5.74, 6) is -0.114. The molecular weight excluding hydrogens is 513 g/mol. The van der Waals surface area contributed by atoms with Gasteiger partial charge in [-0.25, -0.2) is 8.78 Å². The molecular formula is C23H29F2IN4O. The molecule has 1 aliphatic rings. The fourth-order valence-electron chi connectivity index (χ4n) is 3.48. The van der Waals surface area contributed by atoms with Gasteiger partial charge in [-0.3, -0.25) is 9.79 Å². The van der Waals surface area contributed by atoms with Crippen molar-refractivity contribution in [3.63, 3.8) is 0 Å². The van der Waals surface area contributed by atoms with Crippen LogP contribution < -0.4 is 10.6 Å². The fraction of sp³-hybridized carbons (Fsp3) is 0.391. The summed E-state index contributed by atoms with van der Waals surface area (Å²) in [5.41, 5.74) is 2.77. The van der Waals surface area contributed by atoms with Gasteiger partial charge in [-0.15, -0.1) is 24.0 Å². The SMILES string of the molecule is CCNC(=NCCCC(=O)N1Cc2ccccc2C1)NCCc1cc(F)ccc1F.I. The maximum absolute atomic E-state index is 13.7. The number of carbonyl (C=O) groups is 1. The third-order valence-electron chi connectivity index (χ3n) is 5.05. The molecule has 3 rings (SSSR count). The summed E-state index contributed by atoms with van der Waals surface area (Å²) in [6.07, 6.45) is 1.45. The number of aliphatic imine (C=N–C) groups is 1. The van der Waals surface area contributed by atoms with Crippen molar-refractivity contribution in [3.05, 3.63) is 70.8 Å². The van der Waals surface area contributed by atoms with Crippen LogP contribution in [0.1, 0.15) is 36.5 Å². The Morgan fingerprint density at radius 2 is 1.81 bits per heavy atom. The molecule has 0 aliphatic carbocycles. The van der Waals surface area contributed by atoms with Gasteiger partial charge in [-0.05, 0) is 54.7 Å². The molecule has 2 N–H and O–H groups in total. The van der Waals surface area contributed by atoms with Crippen LogP contribution in [0, 0.1) is 11.6 Å². The van der Waals surface area contributed by atoms with Crippen molar-refractivity contribution in [2.45, 2.75) is 39.3 Å². The lowest BCUT2D eigenvalue weighted by atomic mass is 10.1. The van der Waals surface area contributed by atoms with Crippen LogP contribution in [0.3, 0.4) is 0 Å². The van der Waals surface area contributed by atoms with Gasteiger partial charge in [-0.1, -0.05) is 24.3 Å². The zero-order chi connectivity index (χ0) is 21.3. The molecule has 0 spiro atoms. The second-order valence-corrected chi connectivity index (χ2v) is 7.30. The van der Waals surface area contributed by atoms with E-state index in [1.165, 1.54) is 17.2 Å². The lowest BCUT2D eigenvalue weighted by Crippen LogP contribution is -2.38. The molecule has 0 aromatic heterocycles. The maximum Gasteiger partial charge on any atom is 0.223 e. The average Bonchev–Trinajstić information content (AvgIpc) is 3.18. The first kappa shape index (κ1) is 25.0. The quantitative estimate of drug-likeness (QED) is 0.230. The number of hydrogen-bond acceptors (Lipinski definition) is 2. The number of nitrogens with zero attached hydrogens (tertiary/aromatic N) is 2. The minimum Gasteiger partial charge on any atom is -0.357 e. The van der Waals surface area contributed by atoms with E-state index in [1.54, 1.807) is 0 Å². The molecule has 0 atom stereocenters. The van der Waals surface area contributed by atoms with Crippen LogP contribution >= 0.6 is 24.0 Å². The third kappa shape index (κ3) is 7.45. The van der Waals surface area contributed by atoms with Gasteiger partial charge in [0.25, 0.3) is 0 Å². The number of halogens is 3. The molecule has 5 nitrogen and oxygen atoms in total. The molecule has 0 bridgehead atoms. The first-order valence-corrected chi connectivity index (χ1v) is 10.4. The minimum absolute atomic E-state index is 0. The number of rotatable bonds is 8. The molecule has 8 heteroatoms. The number of benzene rings is 2. The summed E-state index contributed by atoms with van der Waals surface area (Å²) in [4.78, 5) is 18.8. The van der Waals surface area contributed by atoms with Crippen LogP contribution in [-0.4, -0.2) is 36.4 Å². The molecule has 168 valence electrons. The molecule has 1 heterocycles. The highest BCUT2D eigenvalue weighted by atomic mass is 127. The number of carbonyl (C=O) groups excluding carboxylic acids is 1. The predicted molar refractivity (Wildman–Crippen MR) is 129 cm³/mol. The van der Waals surface area contributed by atoms with Crippen molar-refractivity contribution in [3.8, 4) is 0 Å². The van der Waals surface area contributed by atoms with E-state index in [-0.39, 0.29) is 29.9 Å². The Kier molecular flexibility index (Phi) is 10.2. The summed E-state index contributed by atoms with van der Waals surface area (Å²) < 4.78 is 27.0. The van der Waals surface area contributed by atoms with E-state index in [0.717, 1.165) is 12.1 Å². The molecule has 0 saturated heterocycles. The number of nitrogens with one attached hydrogen (secondary N) is 2. The van der Waals surface area contributed by atoms with Crippen molar-refractivity contribution < 1.29 is 13.6 Å². The monoisotopic (exact) mass is 542 g/mol. The van der Waals surface area contributed by atoms with Gasteiger partial charge in [0, 0.05) is 39.1 Å². The molecule has 1 amide bonds. The van der Waals surface area contributed by atoms with E-state index in [0.29, 0.717) is 63.5 Å². The Hall–Kier alpha value is -2.23. The molecule has 2 aromatic rings. The Morgan fingerprint density at radius 3 is 2.48 bits per heavy atom. The summed E-state index contributed by atoms with van der Waals surface area (Å²) in [7, 11) is 0. The van der Waals surface area contributed by atoms with E-state index in [9.17, 15) is 13.6 Å². The number of fused-ring (bicyclic) bond motifs is 1. The largest absolute Gasteiger partial charge is 0.357 e. The van der Waals surface area contributed by atoms with Crippen LogP contribution in [0.25, 0.3) is 0 Å². The Morgan fingerprint density at radius 1 is 1.10 bits per heavy atom. The number of amides is 1. The minimum atomic E-state index is -0.447. The standard InChI is InChI=1S/C23H28F2N4O.HI/c1-2-26-23(28-13-11-17-14-20(24)9-10-21(17)25)27-12-5-8-22(30)29-15-18-6-3-4-7-19(18)16-29;/h3-4,6-7,9-10,14H,2,5,8,11-13,15-16H2,1H3,(H2,26,27,28);1H. The van der Waals surface area contributed by atoms with Crippen LogP contribution in [0.5, 0.6) is 0 Å². The topological polar surface area (TPSA) is 56.7 Å². The molecule has 0 radical (unpaired) electrons. The molecule has 0 fully saturated rings. The van der Waals surface area contributed by atoms with Crippen LogP contribution in [0.4, 0.5) is 8.78 Å². The van der Waals surface area contributed by atoms with Crippen LogP contribution in [0.2, 0.25) is 0 Å². The number of guanidine groups is 1. The lowest BCUT2D eigenvalue weighted by molar-refractivity contribution is -0.131. The number of hydrogen-bond donors (Lipinski definition) is 2. The second-order valence-electron chi connectivity index (χ2n) is 7.30. The fourth-order valence-corrected chi connectivity index (χ4v) is 3.48. The Labute approximate surface area is 199 Å². The van der Waals surface area contributed by atoms with Gasteiger partial charge in [0.05, 0.1) is 0 Å². The summed E-state index contributed by atoms with van der Waals surface area (Å²) in [5, 5.41) is 6.25. The van der Waals surface area contributed by atoms with Crippen molar-refractivity contribution in [2.24, 2.45) is 4.99 Å². The first-order chi connectivity index (χ1) is 14.6. The van der Waals surface area contributed by atoms with Crippen LogP contribution in [-0.2, 0) is 24.3 Å². The van der Waals surface area contributed by atoms with Gasteiger partial charge in [0.1, 0.15) is 11.6 Å². The van der Waals surface area contributed by atoms with Crippen molar-refractivity contribution >= 4 is 35.8 Å². The van der Waals surface area contributed by atoms with Gasteiger partial charge in [0.2, 0.25) is 5.91 Å². The van der Waals surface area contributed by atoms with Crippen LogP contribution in [0.15, 0.2) is 47.5 Å². The zero-order valence-electron chi connectivity index (χ0n) is 17.7. The molecule has 2 aromatic carbocycles. The highest BCUT2D eigenvalue weighted by Gasteiger charge is 2.22. The van der Waals surface area contributed by atoms with Crippen molar-refractivity contribution in [2.75, 3.05) is 19.6 Å². The molecule has 31 heavy (non-hydrogen) atoms. The first-order valence-electron chi connectivity index (χ1n) is 10.4. The average molecular weight is 542 g/mol. The van der Waals surface area contributed by atoms with E-state index >= 15 is 0 Å². The molecule has 0 saturated carbocycles. The van der Waals surface area contributed by atoms with Crippen molar-refractivity contribution in [1.29, 1.82) is 0 Å². The normalized spacial score (nSPS) is 12.9. The lowest BCUT2D eigenvalue weighted by Gasteiger charge is -2.15. The highest BCUT2D eigenvalue weighted by molar-refractivity contribution is 14.0. The molecule has 1 aliphatic heterocycles. The van der Waals surface area contributed by atoms with Gasteiger partial charge in [0.15, 0.2) is 5.96 Å². The van der Waals surface area contributed by atoms with E-state index in [2.05, 4.69) is 27.8 Å². The zero-order valence-corrected chi connectivity index (χ0v) is 20.0. The van der Waals surface area contributed by atoms with Gasteiger partial charge < -0.3 is 15.5 Å². The summed E-state index contributed by atoms with van der Waals surface area (Å²) in [6.45, 7) is 4.94. The van der Waals surface area contributed by atoms with E-state index in [1.807, 2.05) is 24.0 Å². The smallest absolute Gasteiger partial charge is 0.223 e. The summed E-state index contributed by atoms with van der Waals surface area (Å²) >= 11 is 0. The van der Waals surface area contributed by atoms with Gasteiger partial charge >= 0.3 is 0 Å². The van der Waals surface area contributed by atoms with Gasteiger partial charge in [-0.2, -0.15) is 0 Å². The van der Waals surface area contributed by atoms with E-state index < -0.39 is 11.6 Å². The molecule has 0 unspecified atom stereocenters. The predicted octanol–water partition coefficient (Wildman–Crippen LogP) is 4.00. The second kappa shape index (κ2) is 12.6. The Balaban J connectivity index is 0.00000341. The Bertz CT molecular complexity index is 882. The van der Waals surface area contributed by atoms with E-state index in [4.69, 9.17) is 0 Å². The maximum atomic E-state index is 13.7. The third-order valence-corrected chi connectivity index (χ3v) is 5.05.